The zero-order valence-electron chi connectivity index (χ0n) is 11.0. The molecule has 2 saturated heterocycles. The number of hydrogen-bond donors (Lipinski definition) is 1. The van der Waals surface area contributed by atoms with Crippen LogP contribution in [0, 0.1) is 5.92 Å². The minimum absolute atomic E-state index is 0.0432. The van der Waals surface area contributed by atoms with E-state index >= 15 is 0 Å². The highest BCUT2D eigenvalue weighted by Crippen LogP contribution is 2.20. The quantitative estimate of drug-likeness (QED) is 0.723. The summed E-state index contributed by atoms with van der Waals surface area (Å²) in [7, 11) is 4.03. The Bertz CT molecular complexity index is 300. The molecule has 2 heterocycles. The molecule has 0 aliphatic carbocycles. The van der Waals surface area contributed by atoms with Gasteiger partial charge in [-0.05, 0) is 14.1 Å². The minimum Gasteiger partial charge on any atom is -0.481 e. The number of carboxylic acids is 1. The van der Waals surface area contributed by atoms with E-state index in [0.717, 1.165) is 26.2 Å². The SMILES string of the molecule is CN1CCOC(CN(C)C2COCC2C(=O)O)C1. The number of rotatable bonds is 4. The van der Waals surface area contributed by atoms with Crippen LogP contribution in [0.25, 0.3) is 0 Å². The van der Waals surface area contributed by atoms with Crippen LogP contribution < -0.4 is 0 Å². The van der Waals surface area contributed by atoms with Crippen LogP contribution in [0.5, 0.6) is 0 Å². The monoisotopic (exact) mass is 258 g/mol. The van der Waals surface area contributed by atoms with Crippen molar-refractivity contribution in [3.63, 3.8) is 0 Å². The van der Waals surface area contributed by atoms with E-state index in [-0.39, 0.29) is 12.1 Å². The summed E-state index contributed by atoms with van der Waals surface area (Å²) in [5, 5.41) is 9.13. The molecule has 18 heavy (non-hydrogen) atoms. The summed E-state index contributed by atoms with van der Waals surface area (Å²) in [5.41, 5.74) is 0. The molecule has 0 spiro atoms. The predicted octanol–water partition coefficient (Wildman–Crippen LogP) is -0.652. The third kappa shape index (κ3) is 3.20. The van der Waals surface area contributed by atoms with Crippen molar-refractivity contribution in [3.8, 4) is 0 Å². The van der Waals surface area contributed by atoms with Gasteiger partial charge in [0.2, 0.25) is 0 Å². The lowest BCUT2D eigenvalue weighted by Crippen LogP contribution is -2.49. The Labute approximate surface area is 107 Å². The first kappa shape index (κ1) is 13.7. The molecule has 2 aliphatic rings. The van der Waals surface area contributed by atoms with Gasteiger partial charge < -0.3 is 19.5 Å². The fourth-order valence-corrected chi connectivity index (χ4v) is 2.65. The third-order valence-electron chi connectivity index (χ3n) is 3.77. The zero-order valence-corrected chi connectivity index (χ0v) is 11.0. The zero-order chi connectivity index (χ0) is 13.1. The highest BCUT2D eigenvalue weighted by molar-refractivity contribution is 5.71. The van der Waals surface area contributed by atoms with Crippen molar-refractivity contribution < 1.29 is 19.4 Å². The maximum Gasteiger partial charge on any atom is 0.310 e. The van der Waals surface area contributed by atoms with Gasteiger partial charge >= 0.3 is 5.97 Å². The van der Waals surface area contributed by atoms with E-state index < -0.39 is 11.9 Å². The Morgan fingerprint density at radius 2 is 2.28 bits per heavy atom. The van der Waals surface area contributed by atoms with Crippen molar-refractivity contribution in [1.82, 2.24) is 9.80 Å². The molecule has 3 unspecified atom stereocenters. The van der Waals surface area contributed by atoms with Crippen LogP contribution in [0.3, 0.4) is 0 Å². The maximum atomic E-state index is 11.1. The number of likely N-dealkylation sites (N-methyl/N-ethyl adjacent to an activating group) is 2. The van der Waals surface area contributed by atoms with Crippen LogP contribution in [0.1, 0.15) is 0 Å². The first-order chi connectivity index (χ1) is 8.58. The molecule has 6 heteroatoms. The largest absolute Gasteiger partial charge is 0.481 e. The molecule has 2 rings (SSSR count). The molecule has 104 valence electrons. The second-order valence-electron chi connectivity index (χ2n) is 5.24. The molecule has 6 nitrogen and oxygen atoms in total. The summed E-state index contributed by atoms with van der Waals surface area (Å²) < 4.78 is 11.0. The molecule has 2 fully saturated rings. The number of aliphatic carboxylic acids is 1. The molecular weight excluding hydrogens is 236 g/mol. The van der Waals surface area contributed by atoms with Gasteiger partial charge in [-0.3, -0.25) is 9.69 Å². The number of morpholine rings is 1. The Hall–Kier alpha value is -0.690. The van der Waals surface area contributed by atoms with E-state index in [1.165, 1.54) is 0 Å². The number of nitrogens with zero attached hydrogens (tertiary/aromatic N) is 2. The number of carboxylic acid groups (broad SMARTS) is 1. The van der Waals surface area contributed by atoms with Gasteiger partial charge in [-0.1, -0.05) is 0 Å². The maximum absolute atomic E-state index is 11.1. The molecule has 3 atom stereocenters. The molecular formula is C12H22N2O4. The number of carbonyl (C=O) groups is 1. The number of hydrogen-bond acceptors (Lipinski definition) is 5. The van der Waals surface area contributed by atoms with Crippen LogP contribution in [0.2, 0.25) is 0 Å². The summed E-state index contributed by atoms with van der Waals surface area (Å²) in [6.07, 6.45) is 0.156. The second-order valence-corrected chi connectivity index (χ2v) is 5.24. The lowest BCUT2D eigenvalue weighted by Gasteiger charge is -2.35. The lowest BCUT2D eigenvalue weighted by atomic mass is 10.0. The molecule has 0 aromatic heterocycles. The third-order valence-corrected chi connectivity index (χ3v) is 3.77. The smallest absolute Gasteiger partial charge is 0.310 e. The average Bonchev–Trinajstić information content (AvgIpc) is 2.77. The fraction of sp³-hybridized carbons (Fsp3) is 0.917. The van der Waals surface area contributed by atoms with Gasteiger partial charge in [0.1, 0.15) is 0 Å². The van der Waals surface area contributed by atoms with Crippen molar-refractivity contribution in [2.75, 3.05) is 53.6 Å². The first-order valence-corrected chi connectivity index (χ1v) is 6.39. The summed E-state index contributed by atoms with van der Waals surface area (Å²) in [5.74, 6) is -1.19. The van der Waals surface area contributed by atoms with E-state index in [4.69, 9.17) is 14.6 Å². The normalized spacial score (nSPS) is 34.1. The van der Waals surface area contributed by atoms with Crippen molar-refractivity contribution in [2.24, 2.45) is 5.92 Å². The van der Waals surface area contributed by atoms with E-state index in [1.54, 1.807) is 0 Å². The Morgan fingerprint density at radius 1 is 1.50 bits per heavy atom. The van der Waals surface area contributed by atoms with E-state index in [2.05, 4.69) is 16.8 Å². The van der Waals surface area contributed by atoms with E-state index in [0.29, 0.717) is 13.2 Å². The van der Waals surface area contributed by atoms with Gasteiger partial charge in [-0.25, -0.2) is 0 Å². The summed E-state index contributed by atoms with van der Waals surface area (Å²) in [6.45, 7) is 4.17. The van der Waals surface area contributed by atoms with E-state index in [1.807, 2.05) is 7.05 Å². The Kier molecular flexibility index (Phi) is 4.55. The first-order valence-electron chi connectivity index (χ1n) is 6.39. The van der Waals surface area contributed by atoms with Gasteiger partial charge in [0, 0.05) is 25.7 Å². The van der Waals surface area contributed by atoms with Gasteiger partial charge in [0.15, 0.2) is 0 Å². The average molecular weight is 258 g/mol. The Balaban J connectivity index is 1.86. The van der Waals surface area contributed by atoms with E-state index in [9.17, 15) is 4.79 Å². The van der Waals surface area contributed by atoms with Crippen LogP contribution in [0.4, 0.5) is 0 Å². The van der Waals surface area contributed by atoms with Gasteiger partial charge in [0.05, 0.1) is 31.8 Å². The molecule has 2 aliphatic heterocycles. The van der Waals surface area contributed by atoms with Crippen LogP contribution >= 0.6 is 0 Å². The van der Waals surface area contributed by atoms with Crippen LogP contribution in [0.15, 0.2) is 0 Å². The molecule has 0 amide bonds. The van der Waals surface area contributed by atoms with Crippen molar-refractivity contribution in [1.29, 1.82) is 0 Å². The van der Waals surface area contributed by atoms with Crippen LogP contribution in [-0.2, 0) is 14.3 Å². The highest BCUT2D eigenvalue weighted by Gasteiger charge is 2.37. The fourth-order valence-electron chi connectivity index (χ4n) is 2.65. The van der Waals surface area contributed by atoms with Crippen molar-refractivity contribution in [2.45, 2.75) is 12.1 Å². The predicted molar refractivity (Wildman–Crippen MR) is 65.6 cm³/mol. The Morgan fingerprint density at radius 3 is 2.94 bits per heavy atom. The second kappa shape index (κ2) is 5.97. The van der Waals surface area contributed by atoms with Gasteiger partial charge in [-0.15, -0.1) is 0 Å². The molecule has 0 saturated carbocycles. The minimum atomic E-state index is -0.772. The van der Waals surface area contributed by atoms with Crippen LogP contribution in [-0.4, -0.2) is 86.6 Å². The topological polar surface area (TPSA) is 62.2 Å². The number of ether oxygens (including phenoxy) is 2. The van der Waals surface area contributed by atoms with Gasteiger partial charge in [0.25, 0.3) is 0 Å². The lowest BCUT2D eigenvalue weighted by molar-refractivity contribution is -0.143. The molecule has 0 aromatic carbocycles. The summed E-state index contributed by atoms with van der Waals surface area (Å²) in [6, 6.07) is -0.0432. The van der Waals surface area contributed by atoms with Crippen molar-refractivity contribution >= 4 is 5.97 Å². The summed E-state index contributed by atoms with van der Waals surface area (Å²) in [4.78, 5) is 15.4. The standard InChI is InChI=1S/C12H22N2O4/c1-13-3-4-18-9(5-13)6-14(2)11-8-17-7-10(11)12(15)16/h9-11H,3-8H2,1-2H3,(H,15,16). The molecule has 0 radical (unpaired) electrons. The summed E-state index contributed by atoms with van der Waals surface area (Å²) >= 11 is 0. The van der Waals surface area contributed by atoms with Crippen molar-refractivity contribution in [3.05, 3.63) is 0 Å². The van der Waals surface area contributed by atoms with Gasteiger partial charge in [-0.2, -0.15) is 0 Å². The molecule has 1 N–H and O–H groups in total. The molecule has 0 aromatic rings. The molecule has 0 bridgehead atoms. The highest BCUT2D eigenvalue weighted by atomic mass is 16.5.